The predicted octanol–water partition coefficient (Wildman–Crippen LogP) is 5.62. The number of rotatable bonds is 5. The average Bonchev–Trinajstić information content (AvgIpc) is 2.65. The van der Waals surface area contributed by atoms with Gasteiger partial charge in [0.05, 0.1) is 10.2 Å². The fraction of sp³-hybridized carbons (Fsp3) is 0.136. The van der Waals surface area contributed by atoms with E-state index in [1.54, 1.807) is 0 Å². The Morgan fingerprint density at radius 3 is 1.67 bits per heavy atom. The lowest BCUT2D eigenvalue weighted by atomic mass is 9.77. The van der Waals surface area contributed by atoms with Crippen LogP contribution in [0.3, 0.4) is 0 Å². The minimum absolute atomic E-state index is 0.331. The van der Waals surface area contributed by atoms with Crippen molar-refractivity contribution in [2.75, 3.05) is 0 Å². The van der Waals surface area contributed by atoms with Gasteiger partial charge in [-0.2, -0.15) is 0 Å². The molecule has 0 spiro atoms. The topological polar surface area (TPSA) is 17.1 Å². The van der Waals surface area contributed by atoms with Gasteiger partial charge in [0.15, 0.2) is 0 Å². The van der Waals surface area contributed by atoms with Crippen LogP contribution < -0.4 is 0 Å². The highest BCUT2D eigenvalue weighted by Gasteiger charge is 2.40. The van der Waals surface area contributed by atoms with E-state index < -0.39 is 4.32 Å². The zero-order chi connectivity index (χ0) is 17.0. The van der Waals surface area contributed by atoms with Crippen molar-refractivity contribution >= 4 is 22.2 Å². The Kier molecular flexibility index (Phi) is 4.96. The summed E-state index contributed by atoms with van der Waals surface area (Å²) in [7, 11) is 0. The van der Waals surface area contributed by atoms with Crippen molar-refractivity contribution in [1.82, 2.24) is 0 Å². The van der Waals surface area contributed by atoms with E-state index in [2.05, 4.69) is 59.3 Å². The molecule has 0 aliphatic carbocycles. The Balaban J connectivity index is 2.20. The summed E-state index contributed by atoms with van der Waals surface area (Å²) < 4.78 is -0.605. The first-order valence-corrected chi connectivity index (χ1v) is 8.77. The highest BCUT2D eigenvalue weighted by atomic mass is 79.9. The highest BCUT2D eigenvalue weighted by molar-refractivity contribution is 9.09. The number of benzene rings is 3. The Labute approximate surface area is 151 Å². The van der Waals surface area contributed by atoms with E-state index in [9.17, 15) is 4.79 Å². The monoisotopic (exact) mass is 378 g/mol. The molecule has 1 nitrogen and oxygen atoms in total. The minimum Gasteiger partial charge on any atom is -0.303 e. The first-order valence-electron chi connectivity index (χ1n) is 7.98. The standard InChI is InChI=1S/C22H19BrO/c1-17-12-14-18(15-13-17)21(16-24)22(23,19-8-4-2-5-9-19)20-10-6-3-7-11-20/h2-16,21H,1H3. The van der Waals surface area contributed by atoms with Crippen molar-refractivity contribution in [3.8, 4) is 0 Å². The maximum Gasteiger partial charge on any atom is 0.129 e. The van der Waals surface area contributed by atoms with Crippen molar-refractivity contribution < 1.29 is 4.79 Å². The minimum atomic E-state index is -0.605. The first-order chi connectivity index (χ1) is 11.7. The maximum absolute atomic E-state index is 12.2. The molecule has 0 bridgehead atoms. The smallest absolute Gasteiger partial charge is 0.129 e. The molecule has 24 heavy (non-hydrogen) atoms. The normalized spacial score (nSPS) is 12.6. The highest BCUT2D eigenvalue weighted by Crippen LogP contribution is 2.48. The molecule has 3 aromatic rings. The van der Waals surface area contributed by atoms with Gasteiger partial charge in [0, 0.05) is 0 Å². The molecule has 1 atom stereocenters. The molecule has 0 aliphatic rings. The van der Waals surface area contributed by atoms with E-state index in [0.29, 0.717) is 0 Å². The van der Waals surface area contributed by atoms with Gasteiger partial charge in [-0.05, 0) is 23.6 Å². The average molecular weight is 379 g/mol. The second-order valence-corrected chi connectivity index (χ2v) is 7.22. The molecule has 0 radical (unpaired) electrons. The van der Waals surface area contributed by atoms with Crippen LogP contribution in [0.15, 0.2) is 84.9 Å². The molecule has 2 heteroatoms. The Hall–Kier alpha value is -2.19. The Bertz CT molecular complexity index is 755. The Morgan fingerprint density at radius 1 is 0.792 bits per heavy atom. The lowest BCUT2D eigenvalue weighted by Gasteiger charge is -2.34. The summed E-state index contributed by atoms with van der Waals surface area (Å²) in [5.74, 6) is -0.331. The number of aryl methyl sites for hydroxylation is 1. The number of carbonyl (C=O) groups is 1. The zero-order valence-corrected chi connectivity index (χ0v) is 15.1. The molecule has 3 aromatic carbocycles. The summed E-state index contributed by atoms with van der Waals surface area (Å²) in [6, 6.07) is 28.4. The van der Waals surface area contributed by atoms with E-state index in [4.69, 9.17) is 0 Å². The number of alkyl halides is 1. The van der Waals surface area contributed by atoms with Gasteiger partial charge in [0.25, 0.3) is 0 Å². The third-order valence-corrected chi connectivity index (χ3v) is 5.80. The van der Waals surface area contributed by atoms with Gasteiger partial charge < -0.3 is 4.79 Å². The van der Waals surface area contributed by atoms with Crippen LogP contribution in [0.2, 0.25) is 0 Å². The maximum atomic E-state index is 12.2. The zero-order valence-electron chi connectivity index (χ0n) is 13.5. The van der Waals surface area contributed by atoms with E-state index in [1.807, 2.05) is 48.5 Å². The molecule has 0 heterocycles. The van der Waals surface area contributed by atoms with Crippen molar-refractivity contribution in [3.63, 3.8) is 0 Å². The van der Waals surface area contributed by atoms with Crippen LogP contribution in [0.1, 0.15) is 28.2 Å². The molecule has 0 aliphatic heterocycles. The summed E-state index contributed by atoms with van der Waals surface area (Å²) in [5.41, 5.74) is 4.31. The van der Waals surface area contributed by atoms with Gasteiger partial charge in [-0.3, -0.25) is 0 Å². The van der Waals surface area contributed by atoms with Gasteiger partial charge in [0.2, 0.25) is 0 Å². The van der Waals surface area contributed by atoms with Gasteiger partial charge in [-0.25, -0.2) is 0 Å². The van der Waals surface area contributed by atoms with Crippen LogP contribution in [0, 0.1) is 6.92 Å². The second kappa shape index (κ2) is 7.14. The van der Waals surface area contributed by atoms with Crippen LogP contribution in [0.4, 0.5) is 0 Å². The van der Waals surface area contributed by atoms with Gasteiger partial charge in [0.1, 0.15) is 6.29 Å². The van der Waals surface area contributed by atoms with Crippen LogP contribution in [0.5, 0.6) is 0 Å². The number of hydrogen-bond donors (Lipinski definition) is 0. The van der Waals surface area contributed by atoms with Gasteiger partial charge in [-0.1, -0.05) is 106 Å². The van der Waals surface area contributed by atoms with E-state index >= 15 is 0 Å². The third-order valence-electron chi connectivity index (χ3n) is 4.39. The summed E-state index contributed by atoms with van der Waals surface area (Å²) in [4.78, 5) is 12.2. The molecule has 0 N–H and O–H groups in total. The molecule has 3 rings (SSSR count). The van der Waals surface area contributed by atoms with Crippen LogP contribution in [-0.4, -0.2) is 6.29 Å². The molecule has 0 amide bonds. The van der Waals surface area contributed by atoms with Gasteiger partial charge >= 0.3 is 0 Å². The van der Waals surface area contributed by atoms with E-state index in [1.165, 1.54) is 5.56 Å². The summed E-state index contributed by atoms with van der Waals surface area (Å²) in [5, 5.41) is 0. The molecule has 0 saturated carbocycles. The first kappa shape index (κ1) is 16.7. The van der Waals surface area contributed by atoms with Crippen molar-refractivity contribution in [2.24, 2.45) is 0 Å². The van der Waals surface area contributed by atoms with E-state index in [0.717, 1.165) is 23.0 Å². The molecule has 0 saturated heterocycles. The Morgan fingerprint density at radius 2 is 1.25 bits per heavy atom. The lowest BCUT2D eigenvalue weighted by Crippen LogP contribution is -2.30. The number of hydrogen-bond acceptors (Lipinski definition) is 1. The van der Waals surface area contributed by atoms with E-state index in [-0.39, 0.29) is 5.92 Å². The SMILES string of the molecule is Cc1ccc(C(C=O)C(Br)(c2ccccc2)c2ccccc2)cc1. The van der Waals surface area contributed by atoms with Crippen LogP contribution in [-0.2, 0) is 9.12 Å². The summed E-state index contributed by atoms with van der Waals surface area (Å²) >= 11 is 3.95. The number of aldehydes is 1. The molecule has 0 aromatic heterocycles. The molecule has 0 fully saturated rings. The molecular formula is C22H19BrO. The number of carbonyl (C=O) groups excluding carboxylic acids is 1. The quantitative estimate of drug-likeness (QED) is 0.416. The molecule has 120 valence electrons. The van der Waals surface area contributed by atoms with Crippen molar-refractivity contribution in [1.29, 1.82) is 0 Å². The fourth-order valence-electron chi connectivity index (χ4n) is 3.06. The second-order valence-electron chi connectivity index (χ2n) is 5.97. The van der Waals surface area contributed by atoms with Crippen LogP contribution >= 0.6 is 15.9 Å². The van der Waals surface area contributed by atoms with Gasteiger partial charge in [-0.15, -0.1) is 0 Å². The largest absolute Gasteiger partial charge is 0.303 e. The summed E-state index contributed by atoms with van der Waals surface area (Å²) in [6.45, 7) is 2.05. The van der Waals surface area contributed by atoms with Crippen molar-refractivity contribution in [2.45, 2.75) is 17.2 Å². The predicted molar refractivity (Wildman–Crippen MR) is 103 cm³/mol. The van der Waals surface area contributed by atoms with Crippen molar-refractivity contribution in [3.05, 3.63) is 107 Å². The summed E-state index contributed by atoms with van der Waals surface area (Å²) in [6.07, 6.45) is 1.04. The third kappa shape index (κ3) is 3.07. The fourth-order valence-corrected chi connectivity index (χ4v) is 3.96. The lowest BCUT2D eigenvalue weighted by molar-refractivity contribution is -0.109. The number of halogens is 1. The van der Waals surface area contributed by atoms with Crippen LogP contribution in [0.25, 0.3) is 0 Å². The molecular weight excluding hydrogens is 360 g/mol. The molecule has 1 unspecified atom stereocenters.